The van der Waals surface area contributed by atoms with Crippen molar-refractivity contribution in [2.75, 3.05) is 7.11 Å². The van der Waals surface area contributed by atoms with Crippen LogP contribution in [-0.4, -0.2) is 28.9 Å². The number of hydrogen-bond acceptors (Lipinski definition) is 6. The monoisotopic (exact) mass is 239 g/mol. The number of aromatic hydroxyl groups is 1. The van der Waals surface area contributed by atoms with Crippen LogP contribution < -0.4 is 0 Å². The molecule has 0 heterocycles. The molecule has 0 aliphatic heterocycles. The van der Waals surface area contributed by atoms with Gasteiger partial charge in [0.25, 0.3) is 0 Å². The van der Waals surface area contributed by atoms with Gasteiger partial charge in [0.2, 0.25) is 0 Å². The molecular formula is C10H9NO6. The van der Waals surface area contributed by atoms with Gasteiger partial charge in [0, 0.05) is 11.6 Å². The second-order valence-electron chi connectivity index (χ2n) is 3.14. The van der Waals surface area contributed by atoms with Crippen LogP contribution in [0, 0.1) is 10.1 Å². The van der Waals surface area contributed by atoms with Crippen molar-refractivity contribution in [3.05, 3.63) is 33.9 Å². The van der Waals surface area contributed by atoms with E-state index in [4.69, 9.17) is 0 Å². The minimum atomic E-state index is -0.774. The Morgan fingerprint density at radius 3 is 2.59 bits per heavy atom. The first-order valence-corrected chi connectivity index (χ1v) is 4.53. The van der Waals surface area contributed by atoms with Crippen LogP contribution in [-0.2, 0) is 9.53 Å². The van der Waals surface area contributed by atoms with E-state index in [9.17, 15) is 24.8 Å². The minimum absolute atomic E-state index is 0.0125. The Bertz CT molecular complexity index is 482. The molecule has 7 heteroatoms. The van der Waals surface area contributed by atoms with E-state index < -0.39 is 34.5 Å². The Hall–Kier alpha value is -2.44. The number of rotatable bonds is 4. The van der Waals surface area contributed by atoms with Gasteiger partial charge in [-0.15, -0.1) is 0 Å². The molecule has 1 aromatic rings. The fourth-order valence-corrected chi connectivity index (χ4v) is 1.16. The van der Waals surface area contributed by atoms with Gasteiger partial charge < -0.3 is 9.84 Å². The van der Waals surface area contributed by atoms with Gasteiger partial charge in [-0.2, -0.15) is 0 Å². The van der Waals surface area contributed by atoms with Gasteiger partial charge in [0.05, 0.1) is 12.0 Å². The number of carbonyl (C=O) groups is 2. The molecule has 0 atom stereocenters. The molecule has 0 saturated heterocycles. The fourth-order valence-electron chi connectivity index (χ4n) is 1.16. The van der Waals surface area contributed by atoms with E-state index >= 15 is 0 Å². The van der Waals surface area contributed by atoms with Gasteiger partial charge in [0.1, 0.15) is 6.42 Å². The summed E-state index contributed by atoms with van der Waals surface area (Å²) in [4.78, 5) is 31.9. The van der Waals surface area contributed by atoms with E-state index in [1.54, 1.807) is 0 Å². The lowest BCUT2D eigenvalue weighted by Crippen LogP contribution is -2.09. The maximum absolute atomic E-state index is 11.5. The van der Waals surface area contributed by atoms with Crippen LogP contribution in [0.4, 0.5) is 5.69 Å². The summed E-state index contributed by atoms with van der Waals surface area (Å²) < 4.78 is 4.30. The lowest BCUT2D eigenvalue weighted by Gasteiger charge is -2.01. The smallest absolute Gasteiger partial charge is 0.313 e. The van der Waals surface area contributed by atoms with Crippen LogP contribution in [0.1, 0.15) is 16.8 Å². The summed E-state index contributed by atoms with van der Waals surface area (Å²) in [7, 11) is 1.14. The van der Waals surface area contributed by atoms with Crippen molar-refractivity contribution < 1.29 is 24.4 Å². The molecule has 0 aliphatic rings. The van der Waals surface area contributed by atoms with Crippen molar-refractivity contribution in [3.8, 4) is 5.75 Å². The number of benzene rings is 1. The van der Waals surface area contributed by atoms with E-state index in [-0.39, 0.29) is 5.56 Å². The zero-order valence-electron chi connectivity index (χ0n) is 8.87. The highest BCUT2D eigenvalue weighted by atomic mass is 16.6. The topological polar surface area (TPSA) is 107 Å². The zero-order valence-corrected chi connectivity index (χ0v) is 8.87. The van der Waals surface area contributed by atoms with E-state index in [1.807, 2.05) is 0 Å². The van der Waals surface area contributed by atoms with Crippen LogP contribution in [0.3, 0.4) is 0 Å². The summed E-state index contributed by atoms with van der Waals surface area (Å²) in [6, 6.07) is 3.12. The van der Waals surface area contributed by atoms with Gasteiger partial charge in [0.15, 0.2) is 11.5 Å². The summed E-state index contributed by atoms with van der Waals surface area (Å²) in [5.74, 6) is -1.92. The fraction of sp³-hybridized carbons (Fsp3) is 0.200. The Morgan fingerprint density at radius 1 is 1.47 bits per heavy atom. The molecule has 0 amide bonds. The second kappa shape index (κ2) is 5.06. The highest BCUT2D eigenvalue weighted by molar-refractivity contribution is 6.06. The number of phenols is 1. The maximum atomic E-state index is 11.5. The molecule has 0 aromatic heterocycles. The standard InChI is InChI=1S/C10H9NO6/c1-17-10(14)5-8(12)6-2-3-7(11(15)16)9(13)4-6/h2-4,13H,5H2,1H3. The lowest BCUT2D eigenvalue weighted by atomic mass is 10.1. The third-order valence-corrected chi connectivity index (χ3v) is 2.03. The molecule has 1 rings (SSSR count). The van der Waals surface area contributed by atoms with Crippen LogP contribution in [0.25, 0.3) is 0 Å². The summed E-state index contributed by atoms with van der Waals surface area (Å²) in [5, 5.41) is 19.7. The second-order valence-corrected chi connectivity index (χ2v) is 3.14. The first-order valence-electron chi connectivity index (χ1n) is 4.53. The predicted octanol–water partition coefficient (Wildman–Crippen LogP) is 1.05. The summed E-state index contributed by atoms with van der Waals surface area (Å²) >= 11 is 0. The number of Topliss-reactive ketones (excluding diaryl/α,β-unsaturated/α-hetero) is 1. The molecule has 90 valence electrons. The molecule has 0 unspecified atom stereocenters. The summed E-state index contributed by atoms with van der Waals surface area (Å²) in [5.41, 5.74) is -0.488. The molecule has 0 spiro atoms. The number of methoxy groups -OCH3 is 1. The molecule has 0 fully saturated rings. The molecule has 0 saturated carbocycles. The first kappa shape index (κ1) is 12.6. The third kappa shape index (κ3) is 3.00. The number of nitrogens with zero attached hydrogens (tertiary/aromatic N) is 1. The number of hydrogen-bond donors (Lipinski definition) is 1. The Kier molecular flexibility index (Phi) is 3.76. The van der Waals surface area contributed by atoms with E-state index in [0.29, 0.717) is 0 Å². The summed E-state index contributed by atoms with van der Waals surface area (Å²) in [6.07, 6.45) is -0.478. The number of carbonyl (C=O) groups excluding carboxylic acids is 2. The Morgan fingerprint density at radius 2 is 2.12 bits per heavy atom. The number of phenolic OH excluding ortho intramolecular Hbond substituents is 1. The average molecular weight is 239 g/mol. The molecule has 7 nitrogen and oxygen atoms in total. The van der Waals surface area contributed by atoms with Crippen molar-refractivity contribution in [1.82, 2.24) is 0 Å². The normalized spacial score (nSPS) is 9.71. The van der Waals surface area contributed by atoms with Crippen molar-refractivity contribution in [2.24, 2.45) is 0 Å². The molecule has 17 heavy (non-hydrogen) atoms. The SMILES string of the molecule is COC(=O)CC(=O)c1ccc([N+](=O)[O-])c(O)c1. The van der Waals surface area contributed by atoms with Gasteiger partial charge in [-0.3, -0.25) is 19.7 Å². The molecule has 0 bridgehead atoms. The highest BCUT2D eigenvalue weighted by Gasteiger charge is 2.17. The van der Waals surface area contributed by atoms with Crippen molar-refractivity contribution in [3.63, 3.8) is 0 Å². The van der Waals surface area contributed by atoms with Crippen LogP contribution in [0.15, 0.2) is 18.2 Å². The highest BCUT2D eigenvalue weighted by Crippen LogP contribution is 2.26. The van der Waals surface area contributed by atoms with Crippen LogP contribution in [0.2, 0.25) is 0 Å². The first-order chi connectivity index (χ1) is 7.95. The third-order valence-electron chi connectivity index (χ3n) is 2.03. The minimum Gasteiger partial charge on any atom is -0.502 e. The molecule has 0 radical (unpaired) electrons. The van der Waals surface area contributed by atoms with Crippen molar-refractivity contribution in [1.29, 1.82) is 0 Å². The van der Waals surface area contributed by atoms with Gasteiger partial charge in [-0.1, -0.05) is 0 Å². The van der Waals surface area contributed by atoms with Gasteiger partial charge in [-0.25, -0.2) is 0 Å². The number of nitro benzene ring substituents is 1. The average Bonchev–Trinajstić information content (AvgIpc) is 2.28. The largest absolute Gasteiger partial charge is 0.502 e. The van der Waals surface area contributed by atoms with Crippen LogP contribution in [0.5, 0.6) is 5.75 Å². The van der Waals surface area contributed by atoms with Crippen LogP contribution >= 0.6 is 0 Å². The van der Waals surface area contributed by atoms with Crippen molar-refractivity contribution >= 4 is 17.4 Å². The van der Waals surface area contributed by atoms with E-state index in [2.05, 4.69) is 4.74 Å². The number of ether oxygens (including phenoxy) is 1. The number of esters is 1. The maximum Gasteiger partial charge on any atom is 0.313 e. The van der Waals surface area contributed by atoms with E-state index in [1.165, 1.54) is 6.07 Å². The van der Waals surface area contributed by atoms with E-state index in [0.717, 1.165) is 19.2 Å². The predicted molar refractivity (Wildman–Crippen MR) is 55.7 cm³/mol. The molecular weight excluding hydrogens is 230 g/mol. The summed E-state index contributed by atoms with van der Waals surface area (Å²) in [6.45, 7) is 0. The molecule has 1 N–H and O–H groups in total. The van der Waals surface area contributed by atoms with Gasteiger partial charge in [-0.05, 0) is 12.1 Å². The number of ketones is 1. The Labute approximate surface area is 95.8 Å². The quantitative estimate of drug-likeness (QED) is 0.276. The Balaban J connectivity index is 2.94. The number of nitro groups is 1. The molecule has 1 aromatic carbocycles. The van der Waals surface area contributed by atoms with Crippen molar-refractivity contribution in [2.45, 2.75) is 6.42 Å². The van der Waals surface area contributed by atoms with Gasteiger partial charge >= 0.3 is 11.7 Å². The zero-order chi connectivity index (χ0) is 13.0. The lowest BCUT2D eigenvalue weighted by molar-refractivity contribution is -0.385. The molecule has 0 aliphatic carbocycles.